The fourth-order valence-corrected chi connectivity index (χ4v) is 1.84. The Kier molecular flexibility index (Phi) is 7.17. The number of hydrogen-bond donors (Lipinski definition) is 4. The van der Waals surface area contributed by atoms with Crippen LogP contribution in [0, 0.1) is 5.41 Å². The van der Waals surface area contributed by atoms with Gasteiger partial charge in [-0.05, 0) is 20.3 Å². The van der Waals surface area contributed by atoms with Crippen LogP contribution < -0.4 is 0 Å². The van der Waals surface area contributed by atoms with Gasteiger partial charge in [0.2, 0.25) is 0 Å². The van der Waals surface area contributed by atoms with E-state index in [1.165, 1.54) is 0 Å². The van der Waals surface area contributed by atoms with Crippen molar-refractivity contribution in [3.63, 3.8) is 0 Å². The second-order valence-electron chi connectivity index (χ2n) is 5.94. The molecule has 0 aromatic rings. The predicted octanol–water partition coefficient (Wildman–Crippen LogP) is -1.22. The summed E-state index contributed by atoms with van der Waals surface area (Å²) in [5, 5.41) is 38.0. The molecule has 1 rings (SSSR count). The first kappa shape index (κ1) is 19.3. The second kappa shape index (κ2) is 8.19. The summed E-state index contributed by atoms with van der Waals surface area (Å²) in [7, 11) is 0. The third kappa shape index (κ3) is 4.61. The molecule has 0 bridgehead atoms. The average Bonchev–Trinajstić information content (AvgIpc) is 2.50. The van der Waals surface area contributed by atoms with Crippen molar-refractivity contribution in [2.75, 3.05) is 19.8 Å². The maximum Gasteiger partial charge on any atom is 0.311 e. The molecule has 0 aromatic heterocycles. The molecule has 0 amide bonds. The summed E-state index contributed by atoms with van der Waals surface area (Å²) >= 11 is 0. The fraction of sp³-hybridized carbons (Fsp3) is 0.929. The maximum absolute atomic E-state index is 11.7. The van der Waals surface area contributed by atoms with Crippen molar-refractivity contribution in [1.29, 1.82) is 0 Å². The summed E-state index contributed by atoms with van der Waals surface area (Å²) in [5.74, 6) is -0.354. The molecule has 8 heteroatoms. The number of esters is 1. The van der Waals surface area contributed by atoms with Gasteiger partial charge in [-0.25, -0.2) is 0 Å². The van der Waals surface area contributed by atoms with Crippen LogP contribution in [-0.4, -0.2) is 76.9 Å². The Balaban J connectivity index is 2.39. The highest BCUT2D eigenvalue weighted by molar-refractivity contribution is 5.75. The first-order valence-corrected chi connectivity index (χ1v) is 7.34. The number of aliphatic hydroxyl groups is 4. The zero-order valence-corrected chi connectivity index (χ0v) is 13.1. The maximum atomic E-state index is 11.7. The lowest BCUT2D eigenvalue weighted by molar-refractivity contribution is -0.302. The Labute approximate surface area is 129 Å². The van der Waals surface area contributed by atoms with Crippen molar-refractivity contribution in [1.82, 2.24) is 0 Å². The third-order valence-electron chi connectivity index (χ3n) is 3.88. The molecule has 1 saturated heterocycles. The monoisotopic (exact) mass is 322 g/mol. The smallest absolute Gasteiger partial charge is 0.311 e. The van der Waals surface area contributed by atoms with E-state index in [4.69, 9.17) is 19.3 Å². The van der Waals surface area contributed by atoms with Gasteiger partial charge in [-0.15, -0.1) is 0 Å². The minimum absolute atomic E-state index is 0.0305. The molecule has 8 nitrogen and oxygen atoms in total. The number of rotatable bonds is 7. The number of carbonyl (C=O) groups is 1. The summed E-state index contributed by atoms with van der Waals surface area (Å²) in [6.07, 6.45) is -5.97. The van der Waals surface area contributed by atoms with Crippen LogP contribution in [0.25, 0.3) is 0 Å². The third-order valence-corrected chi connectivity index (χ3v) is 3.88. The van der Waals surface area contributed by atoms with Crippen LogP contribution in [0.5, 0.6) is 0 Å². The molecule has 0 radical (unpaired) electrons. The number of ether oxygens (including phenoxy) is 3. The number of carbonyl (C=O) groups excluding carboxylic acids is 1. The largest absolute Gasteiger partial charge is 0.463 e. The number of hydrogen-bond acceptors (Lipinski definition) is 8. The van der Waals surface area contributed by atoms with E-state index in [2.05, 4.69) is 0 Å². The van der Waals surface area contributed by atoms with Gasteiger partial charge >= 0.3 is 5.97 Å². The molecule has 130 valence electrons. The van der Waals surface area contributed by atoms with Crippen LogP contribution in [0.1, 0.15) is 27.2 Å². The molecule has 0 spiro atoms. The van der Waals surface area contributed by atoms with Gasteiger partial charge in [-0.1, -0.05) is 6.92 Å². The van der Waals surface area contributed by atoms with Gasteiger partial charge in [0, 0.05) is 0 Å². The molecule has 0 aromatic carbocycles. The summed E-state index contributed by atoms with van der Waals surface area (Å²) in [6, 6.07) is 0. The Morgan fingerprint density at radius 3 is 2.32 bits per heavy atom. The predicted molar refractivity (Wildman–Crippen MR) is 74.8 cm³/mol. The Bertz CT molecular complexity index is 357. The van der Waals surface area contributed by atoms with E-state index >= 15 is 0 Å². The van der Waals surface area contributed by atoms with Gasteiger partial charge in [-0.2, -0.15) is 0 Å². The van der Waals surface area contributed by atoms with Crippen LogP contribution in [-0.2, 0) is 19.0 Å². The number of aliphatic hydroxyl groups excluding tert-OH is 4. The highest BCUT2D eigenvalue weighted by Crippen LogP contribution is 2.23. The molecular weight excluding hydrogens is 296 g/mol. The summed E-state index contributed by atoms with van der Waals surface area (Å²) in [6.45, 7) is 4.82. The zero-order valence-electron chi connectivity index (χ0n) is 13.1. The van der Waals surface area contributed by atoms with Crippen LogP contribution >= 0.6 is 0 Å². The van der Waals surface area contributed by atoms with E-state index in [9.17, 15) is 20.1 Å². The first-order valence-electron chi connectivity index (χ1n) is 7.34. The average molecular weight is 322 g/mol. The van der Waals surface area contributed by atoms with Crippen LogP contribution in [0.2, 0.25) is 0 Å². The minimum atomic E-state index is -1.49. The fourth-order valence-electron chi connectivity index (χ4n) is 1.84. The topological polar surface area (TPSA) is 126 Å². The molecule has 5 atom stereocenters. The lowest BCUT2D eigenvalue weighted by Crippen LogP contribution is -2.59. The zero-order chi connectivity index (χ0) is 16.9. The molecule has 1 aliphatic rings. The molecule has 1 aliphatic heterocycles. The minimum Gasteiger partial charge on any atom is -0.463 e. The van der Waals surface area contributed by atoms with Crippen molar-refractivity contribution >= 4 is 5.97 Å². The van der Waals surface area contributed by atoms with Crippen molar-refractivity contribution < 1.29 is 39.4 Å². The van der Waals surface area contributed by atoms with Crippen molar-refractivity contribution in [2.45, 2.75) is 57.9 Å². The summed E-state index contributed by atoms with van der Waals surface area (Å²) in [5.41, 5.74) is -0.580. The quantitative estimate of drug-likeness (QED) is 0.339. The van der Waals surface area contributed by atoms with Crippen molar-refractivity contribution in [2.24, 2.45) is 5.41 Å². The molecule has 5 unspecified atom stereocenters. The van der Waals surface area contributed by atoms with Gasteiger partial charge in [0.05, 0.1) is 18.6 Å². The van der Waals surface area contributed by atoms with Gasteiger partial charge in [-0.3, -0.25) is 4.79 Å². The van der Waals surface area contributed by atoms with Gasteiger partial charge in [0.25, 0.3) is 0 Å². The standard InChI is InChI=1S/C14H26O8/c1-4-14(2,3)13(19)21-6-5-20-12-11(18)10(17)9(16)8(7-15)22-12/h8-12,15-18H,4-7H2,1-3H3. The Morgan fingerprint density at radius 2 is 1.77 bits per heavy atom. The second-order valence-corrected chi connectivity index (χ2v) is 5.94. The lowest BCUT2D eigenvalue weighted by Gasteiger charge is -2.39. The Morgan fingerprint density at radius 1 is 1.14 bits per heavy atom. The van der Waals surface area contributed by atoms with E-state index in [1.54, 1.807) is 13.8 Å². The van der Waals surface area contributed by atoms with E-state index < -0.39 is 42.7 Å². The first-order chi connectivity index (χ1) is 10.2. The Hall–Kier alpha value is -0.770. The van der Waals surface area contributed by atoms with Gasteiger partial charge in [0.15, 0.2) is 6.29 Å². The SMILES string of the molecule is CCC(C)(C)C(=O)OCCOC1OC(CO)C(O)C(O)C1O. The molecule has 0 aliphatic carbocycles. The van der Waals surface area contributed by atoms with E-state index in [1.807, 2.05) is 6.92 Å². The van der Waals surface area contributed by atoms with E-state index in [0.29, 0.717) is 6.42 Å². The van der Waals surface area contributed by atoms with Gasteiger partial charge < -0.3 is 34.6 Å². The molecule has 0 saturated carbocycles. The highest BCUT2D eigenvalue weighted by Gasteiger charge is 2.44. The molecule has 4 N–H and O–H groups in total. The van der Waals surface area contributed by atoms with E-state index in [-0.39, 0.29) is 19.2 Å². The summed E-state index contributed by atoms with van der Waals surface area (Å²) < 4.78 is 15.4. The van der Waals surface area contributed by atoms with Gasteiger partial charge in [0.1, 0.15) is 31.0 Å². The molecule has 1 heterocycles. The normalized spacial score (nSPS) is 32.8. The lowest BCUT2D eigenvalue weighted by atomic mass is 9.91. The van der Waals surface area contributed by atoms with Crippen LogP contribution in [0.4, 0.5) is 0 Å². The van der Waals surface area contributed by atoms with Crippen LogP contribution in [0.3, 0.4) is 0 Å². The summed E-state index contributed by atoms with van der Waals surface area (Å²) in [4.78, 5) is 11.7. The highest BCUT2D eigenvalue weighted by atomic mass is 16.7. The molecule has 1 fully saturated rings. The molecular formula is C14H26O8. The van der Waals surface area contributed by atoms with Crippen molar-refractivity contribution in [3.8, 4) is 0 Å². The molecule has 22 heavy (non-hydrogen) atoms. The van der Waals surface area contributed by atoms with E-state index in [0.717, 1.165) is 0 Å². The van der Waals surface area contributed by atoms with Crippen molar-refractivity contribution in [3.05, 3.63) is 0 Å². The van der Waals surface area contributed by atoms with Crippen LogP contribution in [0.15, 0.2) is 0 Å².